The molecule has 1 aromatic heterocycles. The molecule has 212 valence electrons. The molecule has 1 heterocycles. The zero-order valence-corrected chi connectivity index (χ0v) is 24.0. The van der Waals surface area contributed by atoms with E-state index in [1.54, 1.807) is 63.6 Å². The Hall–Kier alpha value is -4.95. The van der Waals surface area contributed by atoms with Gasteiger partial charge in [0.2, 0.25) is 0 Å². The average molecular weight is 582 g/mol. The van der Waals surface area contributed by atoms with Gasteiger partial charge in [-0.3, -0.25) is 4.79 Å². The van der Waals surface area contributed by atoms with E-state index in [2.05, 4.69) is 5.32 Å². The quantitative estimate of drug-likeness (QED) is 0.184. The highest BCUT2D eigenvalue weighted by atomic mass is 35.5. The number of nitrogens with zero attached hydrogens (tertiary/aromatic N) is 2. The normalized spacial score (nSPS) is 11.5. The van der Waals surface area contributed by atoms with Gasteiger partial charge in [-0.1, -0.05) is 24.6 Å². The third-order valence-electron chi connectivity index (χ3n) is 6.63. The lowest BCUT2D eigenvalue weighted by molar-refractivity contribution is -0.124. The average Bonchev–Trinajstić information content (AvgIpc) is 3.02. The summed E-state index contributed by atoms with van der Waals surface area (Å²) >= 11 is 6.02. The molecule has 0 spiro atoms. The predicted molar refractivity (Wildman–Crippen MR) is 163 cm³/mol. The number of halogens is 1. The summed E-state index contributed by atoms with van der Waals surface area (Å²) in [6.07, 6.45) is -0.705. The van der Waals surface area contributed by atoms with Gasteiger partial charge < -0.3 is 19.5 Å². The molecule has 4 aromatic carbocycles. The van der Waals surface area contributed by atoms with E-state index in [0.29, 0.717) is 45.3 Å². The number of nitrogens with one attached hydrogen (secondary N) is 1. The number of hydrogen-bond acceptors (Lipinski definition) is 7. The Morgan fingerprint density at radius 3 is 1.93 bits per heavy atom. The van der Waals surface area contributed by atoms with E-state index >= 15 is 0 Å². The zero-order chi connectivity index (χ0) is 29.6. The zero-order valence-electron chi connectivity index (χ0n) is 23.3. The first-order valence-electron chi connectivity index (χ1n) is 13.3. The summed E-state index contributed by atoms with van der Waals surface area (Å²) in [7, 11) is 3.23. The number of fused-ring (bicyclic) bond motifs is 1. The van der Waals surface area contributed by atoms with Gasteiger partial charge in [0, 0.05) is 21.8 Å². The van der Waals surface area contributed by atoms with Crippen molar-refractivity contribution >= 4 is 40.2 Å². The highest BCUT2D eigenvalue weighted by Crippen LogP contribution is 2.33. The van der Waals surface area contributed by atoms with E-state index in [-0.39, 0.29) is 5.56 Å². The van der Waals surface area contributed by atoms with Crippen LogP contribution in [0.15, 0.2) is 91.0 Å². The van der Waals surface area contributed by atoms with Crippen LogP contribution in [-0.4, -0.2) is 42.2 Å². The molecule has 1 unspecified atom stereocenters. The number of hydrogen-bond donors (Lipinski definition) is 1. The van der Waals surface area contributed by atoms with E-state index in [9.17, 15) is 9.59 Å². The minimum atomic E-state index is -0.995. The molecular formula is C33H28ClN3O5. The summed E-state index contributed by atoms with van der Waals surface area (Å²) < 4.78 is 16.2. The number of ether oxygens (including phenoxy) is 3. The molecule has 0 saturated carbocycles. The predicted octanol–water partition coefficient (Wildman–Crippen LogP) is 7.21. The molecule has 42 heavy (non-hydrogen) atoms. The summed E-state index contributed by atoms with van der Waals surface area (Å²) in [5.74, 6) is 0.360. The standard InChI is InChI=1S/C33H28ClN3O5/c1-4-29(32(38)35-24-7-5-6-23(34)19-24)42-33(39)22-12-17-27-28(18-22)37-31(21-10-15-26(41-3)16-11-21)30(36-27)20-8-13-25(40-2)14-9-20/h5-19,29H,4H2,1-3H3,(H,35,38). The minimum Gasteiger partial charge on any atom is -0.497 e. The van der Waals surface area contributed by atoms with Gasteiger partial charge in [0.15, 0.2) is 6.10 Å². The van der Waals surface area contributed by atoms with Crippen molar-refractivity contribution in [2.45, 2.75) is 19.4 Å². The second-order valence-corrected chi connectivity index (χ2v) is 9.82. The Balaban J connectivity index is 1.47. The number of carbonyl (C=O) groups is 2. The Labute approximate surface area is 248 Å². The van der Waals surface area contributed by atoms with Gasteiger partial charge in [-0.25, -0.2) is 14.8 Å². The fraction of sp³-hybridized carbons (Fsp3) is 0.152. The fourth-order valence-electron chi connectivity index (χ4n) is 4.39. The van der Waals surface area contributed by atoms with Crippen molar-refractivity contribution in [3.63, 3.8) is 0 Å². The summed E-state index contributed by atoms with van der Waals surface area (Å²) in [6.45, 7) is 1.77. The number of amides is 1. The molecule has 0 aliphatic heterocycles. The van der Waals surface area contributed by atoms with Gasteiger partial charge in [0.1, 0.15) is 11.5 Å². The van der Waals surface area contributed by atoms with Gasteiger partial charge in [-0.15, -0.1) is 0 Å². The van der Waals surface area contributed by atoms with Gasteiger partial charge in [-0.05, 0) is 91.3 Å². The lowest BCUT2D eigenvalue weighted by atomic mass is 10.0. The third-order valence-corrected chi connectivity index (χ3v) is 6.87. The van der Waals surface area contributed by atoms with Gasteiger partial charge in [-0.2, -0.15) is 0 Å². The van der Waals surface area contributed by atoms with E-state index < -0.39 is 18.0 Å². The van der Waals surface area contributed by atoms with Gasteiger partial charge in [0.05, 0.1) is 42.2 Å². The first-order chi connectivity index (χ1) is 20.4. The summed E-state index contributed by atoms with van der Waals surface area (Å²) in [5, 5.41) is 3.23. The Kier molecular flexibility index (Phi) is 8.64. The second-order valence-electron chi connectivity index (χ2n) is 9.38. The SMILES string of the molecule is CCC(OC(=O)c1ccc2nc(-c3ccc(OC)cc3)c(-c3ccc(OC)cc3)nc2c1)C(=O)Nc1cccc(Cl)c1. The van der Waals surface area contributed by atoms with Gasteiger partial charge in [0.25, 0.3) is 5.91 Å². The van der Waals surface area contributed by atoms with Crippen LogP contribution in [0, 0.1) is 0 Å². The first kappa shape index (κ1) is 28.6. The number of benzene rings is 4. The molecule has 1 N–H and O–H groups in total. The van der Waals surface area contributed by atoms with E-state index in [1.165, 1.54) is 0 Å². The number of anilines is 1. The smallest absolute Gasteiger partial charge is 0.338 e. The molecule has 0 bridgehead atoms. The molecular weight excluding hydrogens is 554 g/mol. The Morgan fingerprint density at radius 1 is 0.786 bits per heavy atom. The maximum atomic E-state index is 13.1. The molecule has 0 aliphatic rings. The van der Waals surface area contributed by atoms with Crippen molar-refractivity contribution < 1.29 is 23.8 Å². The number of carbonyl (C=O) groups excluding carboxylic acids is 2. The minimum absolute atomic E-state index is 0.253. The molecule has 1 amide bonds. The van der Waals surface area contributed by atoms with E-state index in [4.69, 9.17) is 35.8 Å². The molecule has 5 aromatic rings. The molecule has 0 saturated heterocycles. The number of aromatic nitrogens is 2. The van der Waals surface area contributed by atoms with Crippen LogP contribution >= 0.6 is 11.6 Å². The molecule has 1 atom stereocenters. The maximum Gasteiger partial charge on any atom is 0.338 e. The van der Waals surface area contributed by atoms with Crippen molar-refractivity contribution in [3.8, 4) is 34.0 Å². The lowest BCUT2D eigenvalue weighted by Crippen LogP contribution is -2.32. The molecule has 0 radical (unpaired) electrons. The largest absolute Gasteiger partial charge is 0.497 e. The monoisotopic (exact) mass is 581 g/mol. The Bertz CT molecular complexity index is 1740. The van der Waals surface area contributed by atoms with Crippen molar-refractivity contribution in [2.24, 2.45) is 0 Å². The molecule has 5 rings (SSSR count). The second kappa shape index (κ2) is 12.7. The van der Waals surface area contributed by atoms with Crippen molar-refractivity contribution in [1.82, 2.24) is 9.97 Å². The van der Waals surface area contributed by atoms with E-state index in [1.807, 2.05) is 48.5 Å². The Morgan fingerprint density at radius 2 is 1.38 bits per heavy atom. The molecule has 8 nitrogen and oxygen atoms in total. The summed E-state index contributed by atoms with van der Waals surface area (Å²) in [5.41, 5.74) is 4.86. The van der Waals surface area contributed by atoms with Crippen LogP contribution < -0.4 is 14.8 Å². The number of esters is 1. The van der Waals surface area contributed by atoms with Crippen LogP contribution in [0.3, 0.4) is 0 Å². The third kappa shape index (κ3) is 6.34. The van der Waals surface area contributed by atoms with Crippen molar-refractivity contribution in [3.05, 3.63) is 102 Å². The van der Waals surface area contributed by atoms with Crippen LogP contribution in [-0.2, 0) is 9.53 Å². The van der Waals surface area contributed by atoms with Crippen LogP contribution in [0.4, 0.5) is 5.69 Å². The van der Waals surface area contributed by atoms with Gasteiger partial charge >= 0.3 is 5.97 Å². The molecule has 9 heteroatoms. The topological polar surface area (TPSA) is 99.6 Å². The summed E-state index contributed by atoms with van der Waals surface area (Å²) in [4.78, 5) is 35.8. The van der Waals surface area contributed by atoms with Crippen molar-refractivity contribution in [2.75, 3.05) is 19.5 Å². The van der Waals surface area contributed by atoms with Crippen LogP contribution in [0.5, 0.6) is 11.5 Å². The highest BCUT2D eigenvalue weighted by Gasteiger charge is 2.23. The van der Waals surface area contributed by atoms with Crippen LogP contribution in [0.1, 0.15) is 23.7 Å². The number of methoxy groups -OCH3 is 2. The van der Waals surface area contributed by atoms with Crippen LogP contribution in [0.25, 0.3) is 33.5 Å². The maximum absolute atomic E-state index is 13.1. The highest BCUT2D eigenvalue weighted by molar-refractivity contribution is 6.30. The summed E-state index contributed by atoms with van der Waals surface area (Å²) in [6, 6.07) is 26.8. The number of rotatable bonds is 9. The van der Waals surface area contributed by atoms with Crippen molar-refractivity contribution in [1.29, 1.82) is 0 Å². The van der Waals surface area contributed by atoms with Crippen LogP contribution in [0.2, 0.25) is 5.02 Å². The molecule has 0 fully saturated rings. The molecule has 0 aliphatic carbocycles. The fourth-order valence-corrected chi connectivity index (χ4v) is 4.58. The van der Waals surface area contributed by atoms with E-state index in [0.717, 1.165) is 16.9 Å². The first-order valence-corrected chi connectivity index (χ1v) is 13.6. The lowest BCUT2D eigenvalue weighted by Gasteiger charge is -2.16.